The van der Waals surface area contributed by atoms with Crippen molar-refractivity contribution < 1.29 is 13.6 Å². The fourth-order valence-corrected chi connectivity index (χ4v) is 0.486. The van der Waals surface area contributed by atoms with E-state index in [-0.39, 0.29) is 0 Å². The standard InChI is InChI=1S/C7H9F2N3O/c1-5(13)12(2)11-6(3-4-10)7(8)9/h3,7,11H,1-2H3/b6-3+. The number of nitriles is 1. The van der Waals surface area contributed by atoms with E-state index in [1.807, 2.05) is 0 Å². The maximum Gasteiger partial charge on any atom is 0.280 e. The molecule has 0 radical (unpaired) electrons. The van der Waals surface area contributed by atoms with Crippen molar-refractivity contribution in [1.29, 1.82) is 5.26 Å². The fraction of sp³-hybridized carbons (Fsp3) is 0.429. The summed E-state index contributed by atoms with van der Waals surface area (Å²) in [4.78, 5) is 10.6. The number of hydrogen-bond donors (Lipinski definition) is 1. The molecular formula is C7H9F2N3O. The molecule has 0 fully saturated rings. The van der Waals surface area contributed by atoms with Crippen molar-refractivity contribution in [3.63, 3.8) is 0 Å². The molecule has 0 rings (SSSR count). The highest BCUT2D eigenvalue weighted by Gasteiger charge is 2.13. The first-order valence-corrected chi connectivity index (χ1v) is 3.37. The van der Waals surface area contributed by atoms with Crippen LogP contribution in [0.2, 0.25) is 0 Å². The highest BCUT2D eigenvalue weighted by atomic mass is 19.3. The van der Waals surface area contributed by atoms with Crippen molar-refractivity contribution in [2.75, 3.05) is 7.05 Å². The van der Waals surface area contributed by atoms with Gasteiger partial charge in [0, 0.05) is 20.0 Å². The number of hydrogen-bond acceptors (Lipinski definition) is 3. The molecule has 0 aliphatic rings. The summed E-state index contributed by atoms with van der Waals surface area (Å²) in [7, 11) is 1.29. The Kier molecular flexibility index (Phi) is 4.44. The van der Waals surface area contributed by atoms with Gasteiger partial charge < -0.3 is 0 Å². The van der Waals surface area contributed by atoms with Gasteiger partial charge in [-0.3, -0.25) is 15.2 Å². The molecule has 0 aliphatic heterocycles. The van der Waals surface area contributed by atoms with E-state index in [1.54, 1.807) is 0 Å². The van der Waals surface area contributed by atoms with Gasteiger partial charge in [-0.2, -0.15) is 5.26 Å². The van der Waals surface area contributed by atoms with Gasteiger partial charge in [-0.15, -0.1) is 0 Å². The lowest BCUT2D eigenvalue weighted by atomic mass is 10.4. The normalized spacial score (nSPS) is 10.9. The zero-order chi connectivity index (χ0) is 10.4. The molecule has 0 unspecified atom stereocenters. The van der Waals surface area contributed by atoms with Crippen molar-refractivity contribution in [1.82, 2.24) is 10.4 Å². The van der Waals surface area contributed by atoms with Gasteiger partial charge in [0.25, 0.3) is 6.43 Å². The molecule has 0 spiro atoms. The smallest absolute Gasteiger partial charge is 0.280 e. The van der Waals surface area contributed by atoms with Crippen molar-refractivity contribution in [3.8, 4) is 6.07 Å². The van der Waals surface area contributed by atoms with Crippen LogP contribution in [0.25, 0.3) is 0 Å². The van der Waals surface area contributed by atoms with Crippen LogP contribution in [0.1, 0.15) is 6.92 Å². The van der Waals surface area contributed by atoms with E-state index in [2.05, 4.69) is 5.43 Å². The summed E-state index contributed by atoms with van der Waals surface area (Å²) in [6.45, 7) is 1.21. The number of amides is 1. The van der Waals surface area contributed by atoms with E-state index >= 15 is 0 Å². The minimum absolute atomic E-state index is 0.426. The first kappa shape index (κ1) is 11.4. The van der Waals surface area contributed by atoms with Gasteiger partial charge in [0.2, 0.25) is 5.91 Å². The van der Waals surface area contributed by atoms with Gasteiger partial charge in [0.15, 0.2) is 0 Å². The number of carbonyl (C=O) groups excluding carboxylic acids is 1. The maximum absolute atomic E-state index is 12.1. The van der Waals surface area contributed by atoms with Crippen LogP contribution in [0.5, 0.6) is 0 Å². The van der Waals surface area contributed by atoms with E-state index in [0.29, 0.717) is 6.08 Å². The molecule has 72 valence electrons. The molecule has 0 saturated carbocycles. The van der Waals surface area contributed by atoms with Gasteiger partial charge >= 0.3 is 0 Å². The predicted octanol–water partition coefficient (Wildman–Crippen LogP) is 0.642. The Morgan fingerprint density at radius 1 is 1.69 bits per heavy atom. The second-order valence-corrected chi connectivity index (χ2v) is 2.22. The lowest BCUT2D eigenvalue weighted by Gasteiger charge is -2.18. The Morgan fingerprint density at radius 2 is 2.23 bits per heavy atom. The first-order chi connectivity index (χ1) is 5.99. The second-order valence-electron chi connectivity index (χ2n) is 2.22. The number of hydrazine groups is 1. The van der Waals surface area contributed by atoms with Crippen LogP contribution in [0.15, 0.2) is 11.8 Å². The maximum atomic E-state index is 12.1. The summed E-state index contributed by atoms with van der Waals surface area (Å²) in [6.07, 6.45) is -2.15. The quantitative estimate of drug-likeness (QED) is 0.523. The van der Waals surface area contributed by atoms with E-state index < -0.39 is 18.0 Å². The van der Waals surface area contributed by atoms with Gasteiger partial charge in [-0.25, -0.2) is 8.78 Å². The summed E-state index contributed by atoms with van der Waals surface area (Å²) < 4.78 is 24.2. The van der Waals surface area contributed by atoms with E-state index in [4.69, 9.17) is 5.26 Å². The van der Waals surface area contributed by atoms with E-state index in [0.717, 1.165) is 5.01 Å². The summed E-state index contributed by atoms with van der Waals surface area (Å²) in [5.41, 5.74) is 1.49. The molecule has 0 aromatic rings. The van der Waals surface area contributed by atoms with Gasteiger partial charge in [0.1, 0.15) is 5.70 Å². The number of halogens is 2. The average Bonchev–Trinajstić information content (AvgIpc) is 2.03. The monoisotopic (exact) mass is 189 g/mol. The van der Waals surface area contributed by atoms with Gasteiger partial charge in [-0.05, 0) is 0 Å². The van der Waals surface area contributed by atoms with Crippen LogP contribution < -0.4 is 5.43 Å². The number of rotatable bonds is 3. The number of nitrogens with zero attached hydrogens (tertiary/aromatic N) is 2. The predicted molar refractivity (Wildman–Crippen MR) is 41.3 cm³/mol. The Morgan fingerprint density at radius 3 is 2.54 bits per heavy atom. The van der Waals surface area contributed by atoms with Crippen LogP contribution in [0.4, 0.5) is 8.78 Å². The van der Waals surface area contributed by atoms with Crippen molar-refractivity contribution in [2.24, 2.45) is 0 Å². The highest BCUT2D eigenvalue weighted by molar-refractivity contribution is 5.72. The Labute approximate surface area is 74.4 Å². The van der Waals surface area contributed by atoms with Crippen LogP contribution in [0, 0.1) is 11.3 Å². The van der Waals surface area contributed by atoms with Crippen LogP contribution in [0.3, 0.4) is 0 Å². The molecule has 13 heavy (non-hydrogen) atoms. The molecule has 4 nitrogen and oxygen atoms in total. The van der Waals surface area contributed by atoms with Crippen molar-refractivity contribution in [2.45, 2.75) is 13.3 Å². The topological polar surface area (TPSA) is 56.1 Å². The fourth-order valence-electron chi connectivity index (χ4n) is 0.486. The number of alkyl halides is 2. The molecule has 0 saturated heterocycles. The third kappa shape index (κ3) is 4.06. The molecule has 0 aromatic carbocycles. The number of allylic oxidation sites excluding steroid dienone is 2. The molecular weight excluding hydrogens is 180 g/mol. The Balaban J connectivity index is 4.38. The average molecular weight is 189 g/mol. The minimum atomic E-state index is -2.80. The lowest BCUT2D eigenvalue weighted by molar-refractivity contribution is -0.130. The van der Waals surface area contributed by atoms with Crippen LogP contribution in [-0.4, -0.2) is 24.4 Å². The lowest BCUT2D eigenvalue weighted by Crippen LogP contribution is -2.39. The van der Waals surface area contributed by atoms with Crippen LogP contribution in [-0.2, 0) is 4.79 Å². The van der Waals surface area contributed by atoms with Crippen LogP contribution >= 0.6 is 0 Å². The second kappa shape index (κ2) is 5.09. The summed E-state index contributed by atoms with van der Waals surface area (Å²) >= 11 is 0. The Hall–Kier alpha value is -1.64. The summed E-state index contributed by atoms with van der Waals surface area (Å²) in [6, 6.07) is 1.45. The SMILES string of the molecule is CC(=O)N(C)N/C(=C/C#N)C(F)F. The van der Waals surface area contributed by atoms with Crippen molar-refractivity contribution in [3.05, 3.63) is 11.8 Å². The zero-order valence-electron chi connectivity index (χ0n) is 7.21. The molecule has 6 heteroatoms. The highest BCUT2D eigenvalue weighted by Crippen LogP contribution is 2.04. The third-order valence-corrected chi connectivity index (χ3v) is 1.22. The largest absolute Gasteiger partial charge is 0.294 e. The number of nitrogens with one attached hydrogen (secondary N) is 1. The van der Waals surface area contributed by atoms with Gasteiger partial charge in [0.05, 0.1) is 6.07 Å². The third-order valence-electron chi connectivity index (χ3n) is 1.22. The first-order valence-electron chi connectivity index (χ1n) is 3.37. The zero-order valence-corrected chi connectivity index (χ0v) is 7.21. The Bertz CT molecular complexity index is 257. The molecule has 1 amide bonds. The molecule has 0 heterocycles. The molecule has 0 bridgehead atoms. The van der Waals surface area contributed by atoms with Crippen molar-refractivity contribution >= 4 is 5.91 Å². The molecule has 1 N–H and O–H groups in total. The molecule has 0 aromatic heterocycles. The van der Waals surface area contributed by atoms with E-state index in [1.165, 1.54) is 20.0 Å². The molecule has 0 aliphatic carbocycles. The minimum Gasteiger partial charge on any atom is -0.294 e. The summed E-state index contributed by atoms with van der Waals surface area (Å²) in [5, 5.41) is 9.00. The van der Waals surface area contributed by atoms with Gasteiger partial charge in [-0.1, -0.05) is 0 Å². The number of carbonyl (C=O) groups is 1. The van der Waals surface area contributed by atoms with E-state index in [9.17, 15) is 13.6 Å². The molecule has 0 atom stereocenters. The summed E-state index contributed by atoms with van der Waals surface area (Å²) in [5.74, 6) is -0.426.